The Bertz CT molecular complexity index is 194. The first-order chi connectivity index (χ1) is 4.47. The first kappa shape index (κ1) is 3.80. The van der Waals surface area contributed by atoms with Crippen molar-refractivity contribution in [2.75, 3.05) is 0 Å². The molecular weight excluding hydrogens is 108 g/mol. The van der Waals surface area contributed by atoms with E-state index < -0.39 is 0 Å². The van der Waals surface area contributed by atoms with Gasteiger partial charge in [0, 0.05) is 0 Å². The summed E-state index contributed by atoms with van der Waals surface area (Å²) in [5.74, 6) is 7.01. The Kier molecular flexibility index (Phi) is 0.345. The molecular formula is C9H10. The van der Waals surface area contributed by atoms with Crippen LogP contribution in [0.1, 0.15) is 6.42 Å². The molecule has 4 aliphatic carbocycles. The van der Waals surface area contributed by atoms with E-state index in [1.807, 2.05) is 0 Å². The lowest BCUT2D eigenvalue weighted by Crippen LogP contribution is -2.57. The van der Waals surface area contributed by atoms with Crippen LogP contribution in [0, 0.1) is 35.5 Å². The molecule has 4 aliphatic rings. The van der Waals surface area contributed by atoms with Gasteiger partial charge in [0.1, 0.15) is 0 Å². The summed E-state index contributed by atoms with van der Waals surface area (Å²) in [4.78, 5) is 0. The van der Waals surface area contributed by atoms with Gasteiger partial charge in [-0.1, -0.05) is 12.2 Å². The van der Waals surface area contributed by atoms with E-state index in [9.17, 15) is 0 Å². The molecule has 9 heavy (non-hydrogen) atoms. The maximum atomic E-state index is 2.44. The van der Waals surface area contributed by atoms with Gasteiger partial charge in [0.2, 0.25) is 0 Å². The Hall–Kier alpha value is -0.260. The van der Waals surface area contributed by atoms with Crippen LogP contribution in [-0.2, 0) is 0 Å². The van der Waals surface area contributed by atoms with Crippen LogP contribution < -0.4 is 0 Å². The molecule has 0 heterocycles. The molecule has 4 rings (SSSR count). The van der Waals surface area contributed by atoms with Gasteiger partial charge in [-0.25, -0.2) is 0 Å². The number of hydrogen-bond acceptors (Lipinski definition) is 0. The summed E-state index contributed by atoms with van der Waals surface area (Å²) in [5.41, 5.74) is 0. The third-order valence-corrected chi connectivity index (χ3v) is 4.21. The molecule has 0 aromatic rings. The lowest BCUT2D eigenvalue weighted by Gasteiger charge is -2.61. The summed E-state index contributed by atoms with van der Waals surface area (Å²) in [6, 6.07) is 0. The largest absolute Gasteiger partial charge is 0.0842 e. The van der Waals surface area contributed by atoms with Crippen LogP contribution in [0.3, 0.4) is 0 Å². The lowest BCUT2D eigenvalue weighted by atomic mass is 9.43. The number of allylic oxidation sites excluding steroid dienone is 2. The topological polar surface area (TPSA) is 0 Å². The smallest absolute Gasteiger partial charge is 0.0133 e. The van der Waals surface area contributed by atoms with Crippen LogP contribution in [0.2, 0.25) is 0 Å². The highest BCUT2D eigenvalue weighted by atomic mass is 14.8. The van der Waals surface area contributed by atoms with E-state index in [-0.39, 0.29) is 0 Å². The molecule has 0 aliphatic heterocycles. The minimum atomic E-state index is 1.08. The quantitative estimate of drug-likeness (QED) is 0.424. The fourth-order valence-electron chi connectivity index (χ4n) is 3.62. The Balaban J connectivity index is 1.85. The van der Waals surface area contributed by atoms with Crippen molar-refractivity contribution in [1.82, 2.24) is 0 Å². The van der Waals surface area contributed by atoms with E-state index in [1.165, 1.54) is 23.7 Å². The van der Waals surface area contributed by atoms with Crippen molar-refractivity contribution in [3.05, 3.63) is 12.2 Å². The van der Waals surface area contributed by atoms with Crippen molar-refractivity contribution in [3.8, 4) is 0 Å². The highest BCUT2D eigenvalue weighted by molar-refractivity contribution is 5.32. The second-order valence-electron chi connectivity index (χ2n) is 4.26. The fraction of sp³-hybridized carbons (Fsp3) is 0.778. The van der Waals surface area contributed by atoms with Gasteiger partial charge >= 0.3 is 0 Å². The summed E-state index contributed by atoms with van der Waals surface area (Å²) < 4.78 is 0. The normalized spacial score (nSPS) is 78.2. The van der Waals surface area contributed by atoms with Crippen LogP contribution in [0.15, 0.2) is 12.2 Å². The van der Waals surface area contributed by atoms with E-state index in [4.69, 9.17) is 0 Å². The molecule has 0 radical (unpaired) electrons. The van der Waals surface area contributed by atoms with Gasteiger partial charge in [0.05, 0.1) is 0 Å². The second kappa shape index (κ2) is 0.817. The van der Waals surface area contributed by atoms with E-state index in [0.717, 1.165) is 11.8 Å². The first-order valence-corrected chi connectivity index (χ1v) is 4.15. The molecule has 0 aromatic heterocycles. The van der Waals surface area contributed by atoms with Crippen LogP contribution in [0.5, 0.6) is 0 Å². The van der Waals surface area contributed by atoms with Gasteiger partial charge < -0.3 is 0 Å². The minimum Gasteiger partial charge on any atom is -0.0842 e. The summed E-state index contributed by atoms with van der Waals surface area (Å²) in [6.45, 7) is 0. The number of rotatable bonds is 0. The molecule has 0 nitrogen and oxygen atoms in total. The zero-order chi connectivity index (χ0) is 5.59. The van der Waals surface area contributed by atoms with Crippen LogP contribution in [0.25, 0.3) is 0 Å². The molecule has 46 valence electrons. The van der Waals surface area contributed by atoms with Gasteiger partial charge in [-0.3, -0.25) is 0 Å². The molecule has 3 saturated carbocycles. The van der Waals surface area contributed by atoms with Crippen LogP contribution in [-0.4, -0.2) is 0 Å². The maximum Gasteiger partial charge on any atom is -0.0133 e. The first-order valence-electron chi connectivity index (χ1n) is 4.15. The third-order valence-electron chi connectivity index (χ3n) is 4.21. The molecule has 0 aromatic carbocycles. The predicted molar refractivity (Wildman–Crippen MR) is 34.7 cm³/mol. The Morgan fingerprint density at radius 1 is 0.889 bits per heavy atom. The minimum absolute atomic E-state index is 1.08. The summed E-state index contributed by atoms with van der Waals surface area (Å²) >= 11 is 0. The van der Waals surface area contributed by atoms with E-state index in [2.05, 4.69) is 12.2 Å². The summed E-state index contributed by atoms with van der Waals surface area (Å²) in [6.07, 6.45) is 6.49. The standard InChI is InChI=1S/C9H10/c1-2-5-4(1)8-6-3-7(6)9(5)8/h1-2,4-9H,3H2. The van der Waals surface area contributed by atoms with Crippen molar-refractivity contribution < 1.29 is 0 Å². The number of hydrogen-bond donors (Lipinski definition) is 0. The molecule has 0 bridgehead atoms. The van der Waals surface area contributed by atoms with Gasteiger partial charge in [0.15, 0.2) is 0 Å². The zero-order valence-electron chi connectivity index (χ0n) is 5.33. The molecule has 0 amide bonds. The summed E-state index contributed by atoms with van der Waals surface area (Å²) in [7, 11) is 0. The number of fused-ring (bicyclic) bond motifs is 7. The monoisotopic (exact) mass is 118 g/mol. The Morgan fingerprint density at radius 2 is 1.44 bits per heavy atom. The van der Waals surface area contributed by atoms with E-state index in [0.29, 0.717) is 0 Å². The summed E-state index contributed by atoms with van der Waals surface area (Å²) in [5, 5.41) is 0. The predicted octanol–water partition coefficient (Wildman–Crippen LogP) is 1.68. The van der Waals surface area contributed by atoms with Crippen molar-refractivity contribution in [1.29, 1.82) is 0 Å². The fourth-order valence-corrected chi connectivity index (χ4v) is 3.62. The molecule has 0 heteroatoms. The molecule has 0 N–H and O–H groups in total. The SMILES string of the molecule is C1=CC2C1C1C3CC3C21. The van der Waals surface area contributed by atoms with Gasteiger partial charge in [0.25, 0.3) is 0 Å². The Labute approximate surface area is 54.9 Å². The zero-order valence-corrected chi connectivity index (χ0v) is 5.33. The van der Waals surface area contributed by atoms with E-state index in [1.54, 1.807) is 6.42 Å². The average molecular weight is 118 g/mol. The highest BCUT2D eigenvalue weighted by Crippen LogP contribution is 2.78. The van der Waals surface area contributed by atoms with Crippen LogP contribution in [0.4, 0.5) is 0 Å². The molecule has 6 atom stereocenters. The van der Waals surface area contributed by atoms with Gasteiger partial charge in [-0.2, -0.15) is 0 Å². The molecule has 0 saturated heterocycles. The van der Waals surface area contributed by atoms with Crippen molar-refractivity contribution in [2.24, 2.45) is 35.5 Å². The van der Waals surface area contributed by atoms with Gasteiger partial charge in [-0.05, 0) is 41.9 Å². The maximum absolute atomic E-state index is 2.44. The van der Waals surface area contributed by atoms with Crippen molar-refractivity contribution in [3.63, 3.8) is 0 Å². The second-order valence-corrected chi connectivity index (χ2v) is 4.26. The molecule has 3 fully saturated rings. The van der Waals surface area contributed by atoms with Crippen molar-refractivity contribution >= 4 is 0 Å². The molecule has 6 unspecified atom stereocenters. The highest BCUT2D eigenvalue weighted by Gasteiger charge is 2.73. The van der Waals surface area contributed by atoms with E-state index >= 15 is 0 Å². The van der Waals surface area contributed by atoms with Crippen LogP contribution >= 0.6 is 0 Å². The average Bonchev–Trinajstić information content (AvgIpc) is 2.49. The third kappa shape index (κ3) is 0.211. The lowest BCUT2D eigenvalue weighted by molar-refractivity contribution is -0.0807. The molecule has 0 spiro atoms. The van der Waals surface area contributed by atoms with Gasteiger partial charge in [-0.15, -0.1) is 0 Å². The Morgan fingerprint density at radius 3 is 1.89 bits per heavy atom. The van der Waals surface area contributed by atoms with Crippen molar-refractivity contribution in [2.45, 2.75) is 6.42 Å².